The molecule has 1 fully saturated rings. The monoisotopic (exact) mass is 244 g/mol. The zero-order chi connectivity index (χ0) is 13.1. The van der Waals surface area contributed by atoms with Crippen molar-refractivity contribution in [3.63, 3.8) is 0 Å². The molecule has 0 saturated heterocycles. The van der Waals surface area contributed by atoms with Crippen molar-refractivity contribution < 1.29 is 10.3 Å². The second kappa shape index (κ2) is 9.44. The Morgan fingerprint density at radius 3 is 2.41 bits per heavy atom. The van der Waals surface area contributed by atoms with E-state index in [2.05, 4.69) is 17.1 Å². The minimum atomic E-state index is -1.50. The molecule has 98 valence electrons. The van der Waals surface area contributed by atoms with Gasteiger partial charge in [0.05, 0.1) is 6.54 Å². The second-order valence-corrected chi connectivity index (χ2v) is 3.83. The first-order valence-electron chi connectivity index (χ1n) is 5.57. The molecule has 0 radical (unpaired) electrons. The second-order valence-electron chi connectivity index (χ2n) is 3.83. The maximum atomic E-state index is 8.36. The van der Waals surface area contributed by atoms with Gasteiger partial charge in [0.25, 0.3) is 5.09 Å². The third-order valence-corrected chi connectivity index (χ3v) is 2.44. The zero-order valence-corrected chi connectivity index (χ0v) is 9.79. The molecule has 1 aliphatic rings. The van der Waals surface area contributed by atoms with E-state index in [1.807, 2.05) is 0 Å². The molecule has 1 aliphatic carbocycles. The van der Waals surface area contributed by atoms with Crippen molar-refractivity contribution in [3.8, 4) is 0 Å². The van der Waals surface area contributed by atoms with Crippen molar-refractivity contribution in [2.75, 3.05) is 6.54 Å². The SMILES string of the molecule is NC(N)=NC/C=C\C1CCCCC1.O=[N+]([O-])O. The smallest absolute Gasteiger partial charge is 0.291 e. The summed E-state index contributed by atoms with van der Waals surface area (Å²) in [6.07, 6.45) is 11.1. The molecule has 7 nitrogen and oxygen atoms in total. The fourth-order valence-corrected chi connectivity index (χ4v) is 1.74. The first-order valence-corrected chi connectivity index (χ1v) is 5.57. The third-order valence-electron chi connectivity index (χ3n) is 2.44. The maximum Gasteiger partial charge on any atom is 0.291 e. The molecule has 0 aliphatic heterocycles. The number of rotatable bonds is 3. The maximum absolute atomic E-state index is 8.36. The van der Waals surface area contributed by atoms with Crippen LogP contribution in [0.3, 0.4) is 0 Å². The lowest BCUT2D eigenvalue weighted by Gasteiger charge is -2.17. The highest BCUT2D eigenvalue weighted by Crippen LogP contribution is 2.24. The van der Waals surface area contributed by atoms with Crippen LogP contribution in [-0.4, -0.2) is 22.8 Å². The Morgan fingerprint density at radius 2 is 1.94 bits per heavy atom. The highest BCUT2D eigenvalue weighted by molar-refractivity contribution is 5.75. The van der Waals surface area contributed by atoms with Gasteiger partial charge in [0.2, 0.25) is 0 Å². The summed E-state index contributed by atoms with van der Waals surface area (Å²) in [6, 6.07) is 0. The standard InChI is InChI=1S/C10H19N3.HNO3/c11-10(12)13-8-4-7-9-5-2-1-3-6-9;2-1(3)4/h4,7,9H,1-3,5-6,8H2,(H4,11,12,13);(H,2,3,4)/b7-4-;. The summed E-state index contributed by atoms with van der Waals surface area (Å²) in [5.41, 5.74) is 10.4. The Labute approximate surface area is 100 Å². The lowest BCUT2D eigenvalue weighted by atomic mass is 9.89. The van der Waals surface area contributed by atoms with Crippen molar-refractivity contribution in [1.82, 2.24) is 0 Å². The molecule has 17 heavy (non-hydrogen) atoms. The first kappa shape index (κ1) is 15.2. The van der Waals surface area contributed by atoms with Gasteiger partial charge in [0.1, 0.15) is 0 Å². The molecule has 0 bridgehead atoms. The van der Waals surface area contributed by atoms with E-state index in [1.165, 1.54) is 32.1 Å². The van der Waals surface area contributed by atoms with Crippen LogP contribution < -0.4 is 11.5 Å². The van der Waals surface area contributed by atoms with E-state index in [-0.39, 0.29) is 5.96 Å². The average Bonchev–Trinajstić information content (AvgIpc) is 2.25. The Kier molecular flexibility index (Phi) is 8.44. The van der Waals surface area contributed by atoms with Crippen LogP contribution >= 0.6 is 0 Å². The van der Waals surface area contributed by atoms with Crippen LogP contribution in [0, 0.1) is 16.0 Å². The predicted octanol–water partition coefficient (Wildman–Crippen LogP) is 1.05. The third kappa shape index (κ3) is 12.1. The van der Waals surface area contributed by atoms with Gasteiger partial charge in [-0.05, 0) is 18.8 Å². The van der Waals surface area contributed by atoms with Crippen LogP contribution in [0.5, 0.6) is 0 Å². The molecule has 5 N–H and O–H groups in total. The van der Waals surface area contributed by atoms with E-state index in [9.17, 15) is 0 Å². The minimum absolute atomic E-state index is 0.174. The van der Waals surface area contributed by atoms with Gasteiger partial charge < -0.3 is 16.7 Å². The highest BCUT2D eigenvalue weighted by atomic mass is 16.9. The van der Waals surface area contributed by atoms with Gasteiger partial charge in [-0.1, -0.05) is 31.4 Å². The summed E-state index contributed by atoms with van der Waals surface area (Å²) in [7, 11) is 0. The summed E-state index contributed by atoms with van der Waals surface area (Å²) in [5, 5.41) is 13.6. The predicted molar refractivity (Wildman–Crippen MR) is 65.2 cm³/mol. The molecular formula is C10H20N4O3. The molecule has 0 aromatic heterocycles. The molecule has 1 saturated carbocycles. The fraction of sp³-hybridized carbons (Fsp3) is 0.700. The Morgan fingerprint density at radius 1 is 1.41 bits per heavy atom. The van der Waals surface area contributed by atoms with Gasteiger partial charge in [-0.2, -0.15) is 0 Å². The molecule has 0 spiro atoms. The molecule has 7 heteroatoms. The lowest BCUT2D eigenvalue weighted by Crippen LogP contribution is -2.22. The zero-order valence-electron chi connectivity index (χ0n) is 9.79. The number of hydrogen-bond acceptors (Lipinski definition) is 3. The molecule has 0 atom stereocenters. The quantitative estimate of drug-likeness (QED) is 0.225. The van der Waals surface area contributed by atoms with Crippen molar-refractivity contribution in [1.29, 1.82) is 0 Å². The van der Waals surface area contributed by atoms with E-state index in [0.29, 0.717) is 6.54 Å². The Balaban J connectivity index is 0.000000557. The summed E-state index contributed by atoms with van der Waals surface area (Å²) in [5.74, 6) is 0.941. The van der Waals surface area contributed by atoms with Gasteiger partial charge in [-0.25, -0.2) is 4.99 Å². The van der Waals surface area contributed by atoms with Crippen LogP contribution in [0.4, 0.5) is 0 Å². The van der Waals surface area contributed by atoms with Gasteiger partial charge in [0.15, 0.2) is 5.96 Å². The summed E-state index contributed by atoms with van der Waals surface area (Å²) < 4.78 is 0. The van der Waals surface area contributed by atoms with Crippen molar-refractivity contribution in [3.05, 3.63) is 22.3 Å². The van der Waals surface area contributed by atoms with E-state index < -0.39 is 5.09 Å². The van der Waals surface area contributed by atoms with Crippen molar-refractivity contribution in [2.45, 2.75) is 32.1 Å². The van der Waals surface area contributed by atoms with E-state index in [4.69, 9.17) is 26.8 Å². The summed E-state index contributed by atoms with van der Waals surface area (Å²) in [4.78, 5) is 12.3. The molecule has 0 aromatic rings. The Hall–Kier alpha value is -1.79. The molecule has 0 unspecified atom stereocenters. The fourth-order valence-electron chi connectivity index (χ4n) is 1.74. The normalized spacial score (nSPS) is 16.0. The topological polar surface area (TPSA) is 128 Å². The van der Waals surface area contributed by atoms with Crippen molar-refractivity contribution >= 4 is 5.96 Å². The molecule has 0 amide bonds. The van der Waals surface area contributed by atoms with Crippen LogP contribution in [0.2, 0.25) is 0 Å². The number of nitrogens with zero attached hydrogens (tertiary/aromatic N) is 2. The van der Waals surface area contributed by atoms with Crippen molar-refractivity contribution in [2.24, 2.45) is 22.4 Å². The van der Waals surface area contributed by atoms with Crippen LogP contribution in [-0.2, 0) is 0 Å². The average molecular weight is 244 g/mol. The van der Waals surface area contributed by atoms with Gasteiger partial charge in [-0.15, -0.1) is 10.1 Å². The number of allylic oxidation sites excluding steroid dienone is 1. The number of hydrogen-bond donors (Lipinski definition) is 3. The van der Waals surface area contributed by atoms with Gasteiger partial charge >= 0.3 is 0 Å². The van der Waals surface area contributed by atoms with E-state index in [0.717, 1.165) is 5.92 Å². The molecule has 0 heterocycles. The van der Waals surface area contributed by atoms with Gasteiger partial charge in [-0.3, -0.25) is 0 Å². The number of aliphatic imine (C=N–C) groups is 1. The molecule has 1 rings (SSSR count). The molecule has 0 aromatic carbocycles. The first-order chi connectivity index (χ1) is 8.02. The Bertz CT molecular complexity index is 265. The highest BCUT2D eigenvalue weighted by Gasteiger charge is 2.08. The van der Waals surface area contributed by atoms with E-state index >= 15 is 0 Å². The summed E-state index contributed by atoms with van der Waals surface area (Å²) >= 11 is 0. The van der Waals surface area contributed by atoms with Gasteiger partial charge in [0, 0.05) is 0 Å². The minimum Gasteiger partial charge on any atom is -0.370 e. The van der Waals surface area contributed by atoms with Crippen LogP contribution in [0.15, 0.2) is 17.1 Å². The largest absolute Gasteiger partial charge is 0.370 e. The summed E-state index contributed by atoms with van der Waals surface area (Å²) in [6.45, 7) is 0.624. The lowest BCUT2D eigenvalue weighted by molar-refractivity contribution is -0.742. The molecular weight excluding hydrogens is 224 g/mol. The number of guanidine groups is 1. The number of nitrogens with two attached hydrogens (primary N) is 2. The van der Waals surface area contributed by atoms with Crippen LogP contribution in [0.25, 0.3) is 0 Å². The van der Waals surface area contributed by atoms with E-state index in [1.54, 1.807) is 0 Å². The van der Waals surface area contributed by atoms with Crippen LogP contribution in [0.1, 0.15) is 32.1 Å².